The highest BCUT2D eigenvalue weighted by Crippen LogP contribution is 2.22. The Balaban J connectivity index is 1.89. The zero-order valence-corrected chi connectivity index (χ0v) is 10.8. The molecular formula is C12H21N3O2. The maximum atomic E-state index is 9.86. The van der Waals surface area contributed by atoms with Crippen molar-refractivity contribution in [3.05, 3.63) is 11.7 Å². The van der Waals surface area contributed by atoms with Gasteiger partial charge in [0.2, 0.25) is 5.89 Å². The van der Waals surface area contributed by atoms with Crippen LogP contribution < -0.4 is 0 Å². The highest BCUT2D eigenvalue weighted by Gasteiger charge is 2.27. The summed E-state index contributed by atoms with van der Waals surface area (Å²) in [6, 6.07) is 0. The summed E-state index contributed by atoms with van der Waals surface area (Å²) in [6.45, 7) is 8.46. The first-order chi connectivity index (χ1) is 7.96. The first kappa shape index (κ1) is 12.5. The molecule has 2 heterocycles. The molecule has 1 fully saturated rings. The molecule has 0 aromatic carbocycles. The fourth-order valence-electron chi connectivity index (χ4n) is 1.96. The van der Waals surface area contributed by atoms with Crippen LogP contribution in [0.1, 0.15) is 51.2 Å². The molecule has 0 bridgehead atoms. The van der Waals surface area contributed by atoms with E-state index in [-0.39, 0.29) is 5.92 Å². The van der Waals surface area contributed by atoms with E-state index in [1.54, 1.807) is 0 Å². The molecule has 2 rings (SSSR count). The molecule has 5 nitrogen and oxygen atoms in total. The fourth-order valence-corrected chi connectivity index (χ4v) is 1.96. The van der Waals surface area contributed by atoms with Crippen LogP contribution in [0, 0.1) is 0 Å². The van der Waals surface area contributed by atoms with Crippen molar-refractivity contribution in [2.75, 3.05) is 13.1 Å². The summed E-state index contributed by atoms with van der Waals surface area (Å²) < 4.78 is 5.17. The fraction of sp³-hybridized carbons (Fsp3) is 0.833. The Morgan fingerprint density at radius 2 is 2.06 bits per heavy atom. The van der Waals surface area contributed by atoms with Crippen LogP contribution in [0.25, 0.3) is 0 Å². The number of hydrogen-bond donors (Lipinski definition) is 1. The van der Waals surface area contributed by atoms with E-state index in [9.17, 15) is 5.11 Å². The molecule has 1 aliphatic rings. The summed E-state index contributed by atoms with van der Waals surface area (Å²) in [4.78, 5) is 6.62. The molecule has 0 saturated carbocycles. The van der Waals surface area contributed by atoms with Gasteiger partial charge in [-0.3, -0.25) is 4.90 Å². The van der Waals surface area contributed by atoms with Gasteiger partial charge in [-0.15, -0.1) is 0 Å². The van der Waals surface area contributed by atoms with Crippen molar-refractivity contribution in [3.63, 3.8) is 0 Å². The monoisotopic (exact) mass is 239 g/mol. The molecule has 0 atom stereocenters. The van der Waals surface area contributed by atoms with Crippen LogP contribution in [0.15, 0.2) is 4.52 Å². The standard InChI is InChI=1S/C12H21N3O2/c1-9(2)11-13-10(14-17-11)8-15-6-4-12(3,16)5-7-15/h9,16H,4-8H2,1-3H3. The van der Waals surface area contributed by atoms with Crippen molar-refractivity contribution in [2.24, 2.45) is 0 Å². The second-order valence-electron chi connectivity index (χ2n) is 5.48. The van der Waals surface area contributed by atoms with Crippen LogP contribution in [0.4, 0.5) is 0 Å². The Labute approximate surface area is 102 Å². The van der Waals surface area contributed by atoms with E-state index in [4.69, 9.17) is 4.52 Å². The predicted molar refractivity (Wildman–Crippen MR) is 63.5 cm³/mol. The largest absolute Gasteiger partial charge is 0.390 e. The van der Waals surface area contributed by atoms with Crippen molar-refractivity contribution in [1.29, 1.82) is 0 Å². The van der Waals surface area contributed by atoms with E-state index in [1.165, 1.54) is 0 Å². The smallest absolute Gasteiger partial charge is 0.229 e. The number of aromatic nitrogens is 2. The zero-order chi connectivity index (χ0) is 12.5. The molecule has 17 heavy (non-hydrogen) atoms. The Hall–Kier alpha value is -0.940. The first-order valence-electron chi connectivity index (χ1n) is 6.23. The summed E-state index contributed by atoms with van der Waals surface area (Å²) in [7, 11) is 0. The van der Waals surface area contributed by atoms with Gasteiger partial charge in [-0.25, -0.2) is 0 Å². The summed E-state index contributed by atoms with van der Waals surface area (Å²) >= 11 is 0. The lowest BCUT2D eigenvalue weighted by atomic mass is 9.94. The quantitative estimate of drug-likeness (QED) is 0.867. The van der Waals surface area contributed by atoms with Gasteiger partial charge in [0.25, 0.3) is 0 Å². The summed E-state index contributed by atoms with van der Waals surface area (Å²) in [5.74, 6) is 1.72. The van der Waals surface area contributed by atoms with E-state index < -0.39 is 5.60 Å². The topological polar surface area (TPSA) is 62.4 Å². The van der Waals surface area contributed by atoms with E-state index in [1.807, 2.05) is 20.8 Å². The SMILES string of the molecule is CC(C)c1nc(CN2CCC(C)(O)CC2)no1. The average molecular weight is 239 g/mol. The molecule has 0 amide bonds. The first-order valence-corrected chi connectivity index (χ1v) is 6.23. The molecule has 1 aliphatic heterocycles. The normalized spacial score (nSPS) is 21.0. The molecule has 96 valence electrons. The molecule has 1 aromatic rings. The predicted octanol–water partition coefficient (Wildman–Crippen LogP) is 1.54. The minimum absolute atomic E-state index is 0.276. The third kappa shape index (κ3) is 3.26. The number of hydrogen-bond acceptors (Lipinski definition) is 5. The third-order valence-corrected chi connectivity index (χ3v) is 3.28. The molecule has 1 aromatic heterocycles. The van der Waals surface area contributed by atoms with Crippen molar-refractivity contribution in [1.82, 2.24) is 15.0 Å². The number of rotatable bonds is 3. The zero-order valence-electron chi connectivity index (χ0n) is 10.8. The lowest BCUT2D eigenvalue weighted by molar-refractivity contribution is -0.00799. The number of likely N-dealkylation sites (tertiary alicyclic amines) is 1. The van der Waals surface area contributed by atoms with Gasteiger partial charge in [-0.05, 0) is 19.8 Å². The van der Waals surface area contributed by atoms with Gasteiger partial charge >= 0.3 is 0 Å². The Kier molecular flexibility index (Phi) is 3.49. The van der Waals surface area contributed by atoms with Gasteiger partial charge in [-0.1, -0.05) is 19.0 Å². The minimum atomic E-state index is -0.503. The van der Waals surface area contributed by atoms with Crippen molar-refractivity contribution >= 4 is 0 Å². The van der Waals surface area contributed by atoms with Gasteiger partial charge in [-0.2, -0.15) is 4.98 Å². The Morgan fingerprint density at radius 1 is 1.41 bits per heavy atom. The lowest BCUT2D eigenvalue weighted by Gasteiger charge is -2.35. The van der Waals surface area contributed by atoms with Crippen molar-refractivity contribution in [2.45, 2.75) is 51.7 Å². The maximum absolute atomic E-state index is 9.86. The average Bonchev–Trinajstić information content (AvgIpc) is 2.70. The van der Waals surface area contributed by atoms with E-state index >= 15 is 0 Å². The molecule has 0 radical (unpaired) electrons. The molecule has 0 aliphatic carbocycles. The van der Waals surface area contributed by atoms with Crippen LogP contribution in [0.3, 0.4) is 0 Å². The number of piperidine rings is 1. The number of aliphatic hydroxyl groups is 1. The van der Waals surface area contributed by atoms with Crippen molar-refractivity contribution in [3.8, 4) is 0 Å². The highest BCUT2D eigenvalue weighted by molar-refractivity contribution is 4.92. The van der Waals surface area contributed by atoms with Crippen LogP contribution in [-0.2, 0) is 6.54 Å². The van der Waals surface area contributed by atoms with Crippen molar-refractivity contribution < 1.29 is 9.63 Å². The van der Waals surface area contributed by atoms with Gasteiger partial charge in [0.1, 0.15) is 0 Å². The molecule has 0 unspecified atom stereocenters. The van der Waals surface area contributed by atoms with Gasteiger partial charge in [0.15, 0.2) is 5.82 Å². The van der Waals surface area contributed by atoms with Crippen LogP contribution in [-0.4, -0.2) is 38.8 Å². The molecule has 0 spiro atoms. The van der Waals surface area contributed by atoms with Crippen LogP contribution >= 0.6 is 0 Å². The third-order valence-electron chi connectivity index (χ3n) is 3.28. The second kappa shape index (κ2) is 4.74. The molecule has 5 heteroatoms. The molecule has 1 saturated heterocycles. The highest BCUT2D eigenvalue weighted by atomic mass is 16.5. The number of nitrogens with zero attached hydrogens (tertiary/aromatic N) is 3. The van der Waals surface area contributed by atoms with E-state index in [2.05, 4.69) is 15.0 Å². The van der Waals surface area contributed by atoms with Crippen LogP contribution in [0.5, 0.6) is 0 Å². The Bertz CT molecular complexity index is 364. The molecule has 1 N–H and O–H groups in total. The molecular weight excluding hydrogens is 218 g/mol. The lowest BCUT2D eigenvalue weighted by Crippen LogP contribution is -2.42. The van der Waals surface area contributed by atoms with E-state index in [0.717, 1.165) is 31.8 Å². The van der Waals surface area contributed by atoms with Crippen LogP contribution in [0.2, 0.25) is 0 Å². The van der Waals surface area contributed by atoms with Gasteiger partial charge < -0.3 is 9.63 Å². The van der Waals surface area contributed by atoms with E-state index in [0.29, 0.717) is 12.4 Å². The second-order valence-corrected chi connectivity index (χ2v) is 5.48. The van der Waals surface area contributed by atoms with Gasteiger partial charge in [0, 0.05) is 19.0 Å². The Morgan fingerprint density at radius 3 is 2.59 bits per heavy atom. The van der Waals surface area contributed by atoms with Gasteiger partial charge in [0.05, 0.1) is 12.1 Å². The summed E-state index contributed by atoms with van der Waals surface area (Å²) in [5.41, 5.74) is -0.503. The summed E-state index contributed by atoms with van der Waals surface area (Å²) in [6.07, 6.45) is 1.61. The summed E-state index contributed by atoms with van der Waals surface area (Å²) in [5, 5.41) is 13.8. The maximum Gasteiger partial charge on any atom is 0.229 e. The minimum Gasteiger partial charge on any atom is -0.390 e.